The molecule has 1 heterocycles. The van der Waals surface area contributed by atoms with E-state index in [1.807, 2.05) is 44.2 Å². The van der Waals surface area contributed by atoms with Crippen molar-refractivity contribution >= 4 is 5.91 Å². The number of carbonyl (C=O) groups is 1. The van der Waals surface area contributed by atoms with E-state index in [2.05, 4.69) is 5.32 Å². The van der Waals surface area contributed by atoms with Gasteiger partial charge in [0.15, 0.2) is 6.29 Å². The molecule has 0 spiro atoms. The van der Waals surface area contributed by atoms with Crippen LogP contribution in [0.4, 0.5) is 0 Å². The molecule has 1 amide bonds. The quantitative estimate of drug-likeness (QED) is 0.822. The number of benzene rings is 1. The summed E-state index contributed by atoms with van der Waals surface area (Å²) in [6.07, 6.45) is 0.246. The molecule has 1 aliphatic heterocycles. The molecule has 0 saturated carbocycles. The van der Waals surface area contributed by atoms with Crippen LogP contribution in [0, 0.1) is 5.92 Å². The van der Waals surface area contributed by atoms with E-state index in [1.165, 1.54) is 0 Å². The van der Waals surface area contributed by atoms with Gasteiger partial charge in [0.05, 0.1) is 25.3 Å². The van der Waals surface area contributed by atoms with Crippen molar-refractivity contribution < 1.29 is 14.3 Å². The van der Waals surface area contributed by atoms with Crippen molar-refractivity contribution in [2.75, 3.05) is 13.2 Å². The van der Waals surface area contributed by atoms with Crippen LogP contribution in [0.1, 0.15) is 19.4 Å². The van der Waals surface area contributed by atoms with Gasteiger partial charge in [-0.15, -0.1) is 0 Å². The van der Waals surface area contributed by atoms with Crippen molar-refractivity contribution in [1.29, 1.82) is 0 Å². The first kappa shape index (κ1) is 15.9. The lowest BCUT2D eigenvalue weighted by Crippen LogP contribution is -2.52. The Labute approximate surface area is 125 Å². The number of hydrogen-bond donors (Lipinski definition) is 2. The standard InChI is InChI=1S/C16H24N2O3/c1-11(2)14(17)15(19)18-13(16-20-8-9-21-16)10-12-6-4-3-5-7-12/h3-7,11,13-14,16H,8-10,17H2,1-2H3,(H,18,19)/t13?,14-/m0/s1. The summed E-state index contributed by atoms with van der Waals surface area (Å²) in [5.41, 5.74) is 7.03. The van der Waals surface area contributed by atoms with Crippen LogP contribution in [0.3, 0.4) is 0 Å². The fourth-order valence-corrected chi connectivity index (χ4v) is 2.27. The lowest BCUT2D eigenvalue weighted by atomic mass is 10.0. The fourth-order valence-electron chi connectivity index (χ4n) is 2.27. The summed E-state index contributed by atoms with van der Waals surface area (Å²) in [4.78, 5) is 12.2. The number of hydrogen-bond acceptors (Lipinski definition) is 4. The minimum absolute atomic E-state index is 0.0905. The maximum Gasteiger partial charge on any atom is 0.237 e. The smallest absolute Gasteiger partial charge is 0.237 e. The summed E-state index contributed by atoms with van der Waals surface area (Å²) in [6, 6.07) is 9.22. The molecule has 1 unspecified atom stereocenters. The third-order valence-corrected chi connectivity index (χ3v) is 3.62. The van der Waals surface area contributed by atoms with Crippen LogP contribution in [0.2, 0.25) is 0 Å². The molecule has 0 aliphatic carbocycles. The van der Waals surface area contributed by atoms with E-state index >= 15 is 0 Å². The van der Waals surface area contributed by atoms with Crippen LogP contribution in [0.15, 0.2) is 30.3 Å². The minimum atomic E-state index is -0.523. The Morgan fingerprint density at radius 3 is 2.48 bits per heavy atom. The predicted octanol–water partition coefficient (Wildman–Crippen LogP) is 1.07. The van der Waals surface area contributed by atoms with Gasteiger partial charge in [-0.25, -0.2) is 0 Å². The van der Waals surface area contributed by atoms with E-state index in [4.69, 9.17) is 15.2 Å². The second-order valence-corrected chi connectivity index (χ2v) is 5.68. The van der Waals surface area contributed by atoms with Crippen molar-refractivity contribution in [2.24, 2.45) is 11.7 Å². The normalized spacial score (nSPS) is 18.7. The zero-order chi connectivity index (χ0) is 15.2. The van der Waals surface area contributed by atoms with Crippen LogP contribution in [0.25, 0.3) is 0 Å². The van der Waals surface area contributed by atoms with E-state index in [-0.39, 0.29) is 17.9 Å². The molecule has 21 heavy (non-hydrogen) atoms. The summed E-state index contributed by atoms with van der Waals surface area (Å²) >= 11 is 0. The van der Waals surface area contributed by atoms with Crippen molar-refractivity contribution in [3.05, 3.63) is 35.9 Å². The Morgan fingerprint density at radius 2 is 1.90 bits per heavy atom. The van der Waals surface area contributed by atoms with Gasteiger partial charge in [0.2, 0.25) is 5.91 Å². The molecule has 116 valence electrons. The Kier molecular flexibility index (Phi) is 5.73. The predicted molar refractivity (Wildman–Crippen MR) is 80.6 cm³/mol. The molecule has 1 aromatic rings. The van der Waals surface area contributed by atoms with Gasteiger partial charge in [-0.3, -0.25) is 4.79 Å². The van der Waals surface area contributed by atoms with Crippen LogP contribution >= 0.6 is 0 Å². The average Bonchev–Trinajstić information content (AvgIpc) is 3.00. The molecular weight excluding hydrogens is 268 g/mol. The zero-order valence-corrected chi connectivity index (χ0v) is 12.6. The zero-order valence-electron chi connectivity index (χ0n) is 12.6. The maximum absolute atomic E-state index is 12.2. The second-order valence-electron chi connectivity index (χ2n) is 5.68. The number of amides is 1. The van der Waals surface area contributed by atoms with Crippen molar-refractivity contribution in [1.82, 2.24) is 5.32 Å². The first-order chi connectivity index (χ1) is 10.1. The first-order valence-corrected chi connectivity index (χ1v) is 7.41. The molecule has 1 fully saturated rings. The molecule has 1 aromatic carbocycles. The largest absolute Gasteiger partial charge is 0.348 e. The number of carbonyl (C=O) groups excluding carboxylic acids is 1. The highest BCUT2D eigenvalue weighted by Gasteiger charge is 2.30. The Balaban J connectivity index is 2.03. The molecule has 1 saturated heterocycles. The molecule has 0 bridgehead atoms. The molecule has 5 heteroatoms. The highest BCUT2D eigenvalue weighted by atomic mass is 16.7. The van der Waals surface area contributed by atoms with Crippen molar-refractivity contribution in [2.45, 2.75) is 38.6 Å². The van der Waals surface area contributed by atoms with E-state index in [0.717, 1.165) is 5.56 Å². The highest BCUT2D eigenvalue weighted by Crippen LogP contribution is 2.14. The molecule has 1 aliphatic rings. The number of ether oxygens (including phenoxy) is 2. The molecule has 0 radical (unpaired) electrons. The van der Waals surface area contributed by atoms with Gasteiger partial charge in [-0.2, -0.15) is 0 Å². The van der Waals surface area contributed by atoms with Gasteiger partial charge in [-0.1, -0.05) is 44.2 Å². The maximum atomic E-state index is 12.2. The Hall–Kier alpha value is -1.43. The van der Waals surface area contributed by atoms with E-state index in [0.29, 0.717) is 19.6 Å². The van der Waals surface area contributed by atoms with Crippen LogP contribution in [-0.2, 0) is 20.7 Å². The van der Waals surface area contributed by atoms with E-state index in [1.54, 1.807) is 0 Å². The highest BCUT2D eigenvalue weighted by molar-refractivity contribution is 5.82. The monoisotopic (exact) mass is 292 g/mol. The van der Waals surface area contributed by atoms with Gasteiger partial charge in [0.1, 0.15) is 0 Å². The van der Waals surface area contributed by atoms with E-state index in [9.17, 15) is 4.79 Å². The van der Waals surface area contributed by atoms with Gasteiger partial charge < -0.3 is 20.5 Å². The van der Waals surface area contributed by atoms with Gasteiger partial charge >= 0.3 is 0 Å². The Bertz CT molecular complexity index is 444. The van der Waals surface area contributed by atoms with E-state index < -0.39 is 12.3 Å². The third kappa shape index (κ3) is 4.52. The second kappa shape index (κ2) is 7.54. The molecule has 2 rings (SSSR count). The Morgan fingerprint density at radius 1 is 1.29 bits per heavy atom. The summed E-state index contributed by atoms with van der Waals surface area (Å²) in [5.74, 6) is -0.0715. The summed E-state index contributed by atoms with van der Waals surface area (Å²) in [7, 11) is 0. The van der Waals surface area contributed by atoms with Gasteiger partial charge in [0.25, 0.3) is 0 Å². The average molecular weight is 292 g/mol. The first-order valence-electron chi connectivity index (χ1n) is 7.41. The van der Waals surface area contributed by atoms with Gasteiger partial charge in [0, 0.05) is 0 Å². The summed E-state index contributed by atoms with van der Waals surface area (Å²) in [5, 5.41) is 2.97. The summed E-state index contributed by atoms with van der Waals surface area (Å²) in [6.45, 7) is 4.97. The number of nitrogens with one attached hydrogen (secondary N) is 1. The van der Waals surface area contributed by atoms with Crippen molar-refractivity contribution in [3.63, 3.8) is 0 Å². The molecular formula is C16H24N2O3. The molecule has 0 aromatic heterocycles. The van der Waals surface area contributed by atoms with Crippen molar-refractivity contribution in [3.8, 4) is 0 Å². The molecule has 5 nitrogen and oxygen atoms in total. The topological polar surface area (TPSA) is 73.6 Å². The third-order valence-electron chi connectivity index (χ3n) is 3.62. The molecule has 2 atom stereocenters. The fraction of sp³-hybridized carbons (Fsp3) is 0.562. The summed E-state index contributed by atoms with van der Waals surface area (Å²) < 4.78 is 11.1. The van der Waals surface area contributed by atoms with Crippen LogP contribution in [-0.4, -0.2) is 37.5 Å². The number of rotatable bonds is 6. The number of nitrogens with two attached hydrogens (primary N) is 1. The SMILES string of the molecule is CC(C)[C@H](N)C(=O)NC(Cc1ccccc1)C1OCCO1. The van der Waals surface area contributed by atoms with Crippen LogP contribution in [0.5, 0.6) is 0 Å². The molecule has 3 N–H and O–H groups in total. The lowest BCUT2D eigenvalue weighted by molar-refractivity contribution is -0.128. The van der Waals surface area contributed by atoms with Gasteiger partial charge in [-0.05, 0) is 17.9 Å². The minimum Gasteiger partial charge on any atom is -0.348 e. The van der Waals surface area contributed by atoms with Crippen LogP contribution < -0.4 is 11.1 Å². The lowest BCUT2D eigenvalue weighted by Gasteiger charge is -2.26.